The van der Waals surface area contributed by atoms with Crippen molar-refractivity contribution in [3.63, 3.8) is 0 Å². The second-order valence-electron chi connectivity index (χ2n) is 7.65. The Morgan fingerprint density at radius 1 is 1.34 bits per heavy atom. The molecule has 1 N–H and O–H groups in total. The lowest BCUT2D eigenvalue weighted by molar-refractivity contribution is -0.158. The minimum Gasteiger partial charge on any atom is -0.506 e. The first-order chi connectivity index (χ1) is 15.2. The number of phenolic OH excluding ortho intramolecular Hbond substituents is 1. The van der Waals surface area contributed by atoms with Crippen LogP contribution in [-0.4, -0.2) is 28.5 Å². The zero-order valence-corrected chi connectivity index (χ0v) is 19.2. The number of benzene rings is 2. The summed E-state index contributed by atoms with van der Waals surface area (Å²) in [4.78, 5) is 31.4. The van der Waals surface area contributed by atoms with E-state index in [0.29, 0.717) is 31.2 Å². The van der Waals surface area contributed by atoms with Crippen LogP contribution in [-0.2, 0) is 9.53 Å². The molecule has 0 radical (unpaired) electrons. The predicted molar refractivity (Wildman–Crippen MR) is 120 cm³/mol. The summed E-state index contributed by atoms with van der Waals surface area (Å²) in [5.41, 5.74) is -0.616. The molecule has 10 heteroatoms. The van der Waals surface area contributed by atoms with Gasteiger partial charge in [-0.1, -0.05) is 52.7 Å². The Morgan fingerprint density at radius 2 is 2.09 bits per heavy atom. The van der Waals surface area contributed by atoms with Gasteiger partial charge in [0.05, 0.1) is 22.7 Å². The van der Waals surface area contributed by atoms with Crippen molar-refractivity contribution < 1.29 is 19.4 Å². The van der Waals surface area contributed by atoms with Crippen molar-refractivity contribution in [2.45, 2.75) is 18.7 Å². The van der Waals surface area contributed by atoms with E-state index in [2.05, 4.69) is 4.99 Å². The highest BCUT2D eigenvalue weighted by atomic mass is 35.5. The summed E-state index contributed by atoms with van der Waals surface area (Å²) in [5.74, 6) is -1.01. The molecule has 3 unspecified atom stereocenters. The topological polar surface area (TPSA) is 90.1 Å². The van der Waals surface area contributed by atoms with Gasteiger partial charge in [0, 0.05) is 16.1 Å². The molecule has 5 rings (SSSR count). The van der Waals surface area contributed by atoms with E-state index in [1.54, 1.807) is 13.0 Å². The molecule has 2 aliphatic heterocycles. The van der Waals surface area contributed by atoms with Crippen LogP contribution in [0.3, 0.4) is 0 Å². The number of esters is 1. The van der Waals surface area contributed by atoms with Crippen molar-refractivity contribution in [3.05, 3.63) is 77.3 Å². The molecule has 0 fully saturated rings. The number of aromatic hydroxyl groups is 1. The molecule has 0 saturated heterocycles. The molecule has 2 bridgehead atoms. The van der Waals surface area contributed by atoms with Gasteiger partial charge in [0.15, 0.2) is 4.80 Å². The van der Waals surface area contributed by atoms with Gasteiger partial charge in [-0.3, -0.25) is 14.2 Å². The first-order valence-corrected chi connectivity index (χ1v) is 11.2. The van der Waals surface area contributed by atoms with Crippen molar-refractivity contribution in [1.29, 1.82) is 0 Å². The average molecular weight is 491 g/mol. The van der Waals surface area contributed by atoms with Gasteiger partial charge in [-0.05, 0) is 31.2 Å². The number of phenols is 1. The first-order valence-electron chi connectivity index (χ1n) is 9.60. The number of rotatable bonds is 2. The van der Waals surface area contributed by atoms with Crippen LogP contribution >= 0.6 is 34.5 Å². The van der Waals surface area contributed by atoms with Gasteiger partial charge in [0.2, 0.25) is 5.72 Å². The van der Waals surface area contributed by atoms with Crippen molar-refractivity contribution in [2.75, 3.05) is 7.11 Å². The third kappa shape index (κ3) is 3.05. The number of hydrogen-bond acceptors (Lipinski definition) is 7. The molecule has 1 aromatic heterocycles. The van der Waals surface area contributed by atoms with E-state index < -0.39 is 23.7 Å². The number of para-hydroxylation sites is 1. The van der Waals surface area contributed by atoms with Crippen molar-refractivity contribution in [2.24, 2.45) is 10.9 Å². The third-order valence-corrected chi connectivity index (χ3v) is 7.17. The maximum Gasteiger partial charge on any atom is 0.317 e. The minimum absolute atomic E-state index is 0.0753. The van der Waals surface area contributed by atoms with Crippen LogP contribution in [0, 0.1) is 5.92 Å². The Morgan fingerprint density at radius 3 is 2.84 bits per heavy atom. The van der Waals surface area contributed by atoms with Crippen molar-refractivity contribution >= 4 is 46.6 Å². The van der Waals surface area contributed by atoms with E-state index >= 15 is 0 Å². The van der Waals surface area contributed by atoms with Crippen molar-refractivity contribution in [1.82, 2.24) is 4.57 Å². The highest BCUT2D eigenvalue weighted by molar-refractivity contribution is 7.07. The van der Waals surface area contributed by atoms with E-state index in [4.69, 9.17) is 32.7 Å². The Kier molecular flexibility index (Phi) is 4.85. The molecule has 32 heavy (non-hydrogen) atoms. The van der Waals surface area contributed by atoms with Gasteiger partial charge >= 0.3 is 5.97 Å². The fourth-order valence-corrected chi connectivity index (χ4v) is 5.87. The van der Waals surface area contributed by atoms with Gasteiger partial charge in [-0.2, -0.15) is 0 Å². The third-order valence-electron chi connectivity index (χ3n) is 5.68. The fourth-order valence-electron chi connectivity index (χ4n) is 4.27. The molecule has 0 aliphatic carbocycles. The number of nitrogens with zero attached hydrogens (tertiary/aromatic N) is 2. The van der Waals surface area contributed by atoms with Gasteiger partial charge in [-0.15, -0.1) is 0 Å². The van der Waals surface area contributed by atoms with E-state index in [9.17, 15) is 14.7 Å². The zero-order valence-electron chi connectivity index (χ0n) is 16.8. The lowest BCUT2D eigenvalue weighted by Gasteiger charge is -2.44. The monoisotopic (exact) mass is 490 g/mol. The maximum atomic E-state index is 13.5. The Labute approximate surface area is 195 Å². The number of methoxy groups -OCH3 is 1. The summed E-state index contributed by atoms with van der Waals surface area (Å²) < 4.78 is 13.0. The molecule has 0 saturated carbocycles. The van der Waals surface area contributed by atoms with E-state index in [-0.39, 0.29) is 16.3 Å². The highest BCUT2D eigenvalue weighted by Gasteiger charge is 2.55. The average Bonchev–Trinajstić information content (AvgIpc) is 3.04. The zero-order chi connectivity index (χ0) is 22.8. The van der Waals surface area contributed by atoms with Gasteiger partial charge in [-0.25, -0.2) is 4.99 Å². The van der Waals surface area contributed by atoms with Crippen LogP contribution < -0.4 is 19.6 Å². The van der Waals surface area contributed by atoms with Crippen LogP contribution in [0.5, 0.6) is 11.5 Å². The number of thiazole rings is 1. The molecule has 3 heterocycles. The molecule has 2 aromatic carbocycles. The summed E-state index contributed by atoms with van der Waals surface area (Å²) in [7, 11) is 1.30. The SMILES string of the molecule is COC(=O)C1C2c3ccccc3OC1(C)N=c1sc(=Cc3cc(Cl)cc(Cl)c3O)c(=O)n12. The number of aromatic nitrogens is 1. The van der Waals surface area contributed by atoms with Crippen LogP contribution in [0.4, 0.5) is 0 Å². The molecular formula is C22H16Cl2N2O5S. The second-order valence-corrected chi connectivity index (χ2v) is 9.50. The largest absolute Gasteiger partial charge is 0.506 e. The molecule has 7 nitrogen and oxygen atoms in total. The summed E-state index contributed by atoms with van der Waals surface area (Å²) in [6.07, 6.45) is 1.51. The predicted octanol–water partition coefficient (Wildman–Crippen LogP) is 2.87. The Balaban J connectivity index is 1.81. The molecule has 0 spiro atoms. The molecular weight excluding hydrogens is 475 g/mol. The summed E-state index contributed by atoms with van der Waals surface area (Å²) in [6.45, 7) is 1.71. The van der Waals surface area contributed by atoms with E-state index in [0.717, 1.165) is 11.3 Å². The van der Waals surface area contributed by atoms with E-state index in [1.165, 1.54) is 29.9 Å². The lowest BCUT2D eigenvalue weighted by atomic mass is 9.81. The first kappa shape index (κ1) is 21.1. The molecule has 3 atom stereocenters. The summed E-state index contributed by atoms with van der Waals surface area (Å²) in [6, 6.07) is 9.51. The fraction of sp³-hybridized carbons (Fsp3) is 0.227. The van der Waals surface area contributed by atoms with Crippen molar-refractivity contribution in [3.8, 4) is 11.5 Å². The quantitative estimate of drug-likeness (QED) is 0.557. The van der Waals surface area contributed by atoms with Gasteiger partial charge < -0.3 is 14.6 Å². The highest BCUT2D eigenvalue weighted by Crippen LogP contribution is 2.47. The second kappa shape index (κ2) is 7.37. The molecule has 3 aromatic rings. The summed E-state index contributed by atoms with van der Waals surface area (Å²) >= 11 is 13.2. The Bertz CT molecular complexity index is 1460. The lowest BCUT2D eigenvalue weighted by Crippen LogP contribution is -2.58. The van der Waals surface area contributed by atoms with Gasteiger partial charge in [0.1, 0.15) is 17.4 Å². The Hall–Kier alpha value is -2.81. The summed E-state index contributed by atoms with van der Waals surface area (Å²) in [5, 5.41) is 10.7. The smallest absolute Gasteiger partial charge is 0.317 e. The van der Waals surface area contributed by atoms with Crippen LogP contribution in [0.1, 0.15) is 24.1 Å². The van der Waals surface area contributed by atoms with E-state index in [1.807, 2.05) is 18.2 Å². The molecule has 164 valence electrons. The molecule has 0 amide bonds. The van der Waals surface area contributed by atoms with Crippen LogP contribution in [0.15, 0.2) is 46.2 Å². The number of carbonyl (C=O) groups is 1. The number of carbonyl (C=O) groups excluding carboxylic acids is 1. The number of hydrogen-bond donors (Lipinski definition) is 1. The van der Waals surface area contributed by atoms with Crippen LogP contribution in [0.2, 0.25) is 10.0 Å². The molecule has 2 aliphatic rings. The normalized spacial score (nSPS) is 23.6. The minimum atomic E-state index is -1.25. The van der Waals surface area contributed by atoms with Crippen LogP contribution in [0.25, 0.3) is 6.08 Å². The number of halogens is 2. The maximum absolute atomic E-state index is 13.5. The van der Waals surface area contributed by atoms with Gasteiger partial charge in [0.25, 0.3) is 5.56 Å². The number of ether oxygens (including phenoxy) is 2. The standard InChI is InChI=1S/C22H16Cl2N2O5S/c1-22-16(20(29)30-2)17(12-5-3-4-6-14(12)31-22)26-19(28)15(32-21(26)25-22)8-10-7-11(23)9-13(24)18(10)27/h3-9,16-17,27H,1-2H3. The number of fused-ring (bicyclic) bond motifs is 6.